The third-order valence-corrected chi connectivity index (χ3v) is 3.44. The van der Waals surface area contributed by atoms with Crippen molar-refractivity contribution in [2.45, 2.75) is 31.8 Å². The lowest BCUT2D eigenvalue weighted by Crippen LogP contribution is -2.24. The Balaban J connectivity index is 2.22. The summed E-state index contributed by atoms with van der Waals surface area (Å²) in [5.74, 6) is 1.48. The van der Waals surface area contributed by atoms with Crippen molar-refractivity contribution in [3.05, 3.63) is 22.7 Å². The van der Waals surface area contributed by atoms with Crippen molar-refractivity contribution in [1.82, 2.24) is 0 Å². The van der Waals surface area contributed by atoms with Crippen LogP contribution < -0.4 is 15.2 Å². The molecule has 1 fully saturated rings. The van der Waals surface area contributed by atoms with E-state index in [1.54, 1.807) is 13.2 Å². The Labute approximate surface area is 107 Å². The Bertz CT molecular complexity index is 391. The van der Waals surface area contributed by atoms with Crippen molar-refractivity contribution in [1.29, 1.82) is 0 Å². The van der Waals surface area contributed by atoms with E-state index < -0.39 is 0 Å². The van der Waals surface area contributed by atoms with Crippen LogP contribution in [0.5, 0.6) is 11.5 Å². The molecule has 0 heterocycles. The average molecular weight is 256 g/mol. The normalized spacial score (nSPS) is 15.5. The third-order valence-electron chi connectivity index (χ3n) is 3.09. The first-order chi connectivity index (χ1) is 8.24. The molecule has 0 atom stereocenters. The minimum atomic E-state index is 0.329. The Kier molecular flexibility index (Phi) is 4.13. The van der Waals surface area contributed by atoms with Gasteiger partial charge in [-0.15, -0.1) is 0 Å². The lowest BCUT2D eigenvalue weighted by atomic mass is 9.96. The first-order valence-electron chi connectivity index (χ1n) is 5.97. The minimum Gasteiger partial charge on any atom is -0.493 e. The lowest BCUT2D eigenvalue weighted by Gasteiger charge is -2.27. The van der Waals surface area contributed by atoms with Gasteiger partial charge in [-0.05, 0) is 43.9 Å². The second kappa shape index (κ2) is 5.61. The van der Waals surface area contributed by atoms with E-state index in [0.717, 1.165) is 30.6 Å². The van der Waals surface area contributed by atoms with E-state index in [1.165, 1.54) is 6.42 Å². The molecule has 1 aliphatic rings. The predicted molar refractivity (Wildman–Crippen MR) is 69.0 cm³/mol. The number of hydrogen-bond acceptors (Lipinski definition) is 3. The summed E-state index contributed by atoms with van der Waals surface area (Å²) in [5.41, 5.74) is 6.58. The molecule has 0 bridgehead atoms. The van der Waals surface area contributed by atoms with Gasteiger partial charge in [0.2, 0.25) is 0 Å². The number of hydrogen-bond donors (Lipinski definition) is 1. The zero-order valence-electron chi connectivity index (χ0n) is 10.0. The van der Waals surface area contributed by atoms with Gasteiger partial charge in [0.1, 0.15) is 0 Å². The number of benzene rings is 1. The molecule has 17 heavy (non-hydrogen) atoms. The molecule has 1 saturated carbocycles. The maximum atomic E-state index is 6.15. The SMILES string of the molecule is COc1cc(Cl)c(CCN)cc1OC1CCC1. The molecule has 3 nitrogen and oxygen atoms in total. The van der Waals surface area contributed by atoms with Crippen LogP contribution in [0.15, 0.2) is 12.1 Å². The highest BCUT2D eigenvalue weighted by Crippen LogP contribution is 2.36. The van der Waals surface area contributed by atoms with E-state index in [2.05, 4.69) is 0 Å². The lowest BCUT2D eigenvalue weighted by molar-refractivity contribution is 0.116. The molecule has 0 radical (unpaired) electrons. The van der Waals surface area contributed by atoms with Gasteiger partial charge in [0.05, 0.1) is 13.2 Å². The van der Waals surface area contributed by atoms with E-state index in [1.807, 2.05) is 6.07 Å². The number of ether oxygens (including phenoxy) is 2. The Morgan fingerprint density at radius 1 is 1.35 bits per heavy atom. The molecule has 0 spiro atoms. The van der Waals surface area contributed by atoms with Gasteiger partial charge in [0, 0.05) is 11.1 Å². The van der Waals surface area contributed by atoms with Gasteiger partial charge in [-0.25, -0.2) is 0 Å². The maximum Gasteiger partial charge on any atom is 0.162 e. The summed E-state index contributed by atoms with van der Waals surface area (Å²) in [6, 6.07) is 3.76. The topological polar surface area (TPSA) is 44.5 Å². The summed E-state index contributed by atoms with van der Waals surface area (Å²) < 4.78 is 11.2. The Hall–Kier alpha value is -0.930. The molecule has 1 aliphatic carbocycles. The van der Waals surface area contributed by atoms with Crippen LogP contribution in [0.25, 0.3) is 0 Å². The van der Waals surface area contributed by atoms with Crippen LogP contribution in [0.1, 0.15) is 24.8 Å². The van der Waals surface area contributed by atoms with Crippen LogP contribution in [0.4, 0.5) is 0 Å². The number of halogens is 1. The summed E-state index contributed by atoms with van der Waals surface area (Å²) in [6.45, 7) is 0.578. The number of methoxy groups -OCH3 is 1. The highest BCUT2D eigenvalue weighted by Gasteiger charge is 2.21. The Morgan fingerprint density at radius 3 is 2.65 bits per heavy atom. The molecular weight excluding hydrogens is 238 g/mol. The first-order valence-corrected chi connectivity index (χ1v) is 6.35. The highest BCUT2D eigenvalue weighted by atomic mass is 35.5. The monoisotopic (exact) mass is 255 g/mol. The van der Waals surface area contributed by atoms with Crippen molar-refractivity contribution < 1.29 is 9.47 Å². The molecule has 0 aromatic heterocycles. The van der Waals surface area contributed by atoms with Crippen molar-refractivity contribution in [2.75, 3.05) is 13.7 Å². The van der Waals surface area contributed by atoms with Crippen LogP contribution in [-0.2, 0) is 6.42 Å². The van der Waals surface area contributed by atoms with Crippen molar-refractivity contribution >= 4 is 11.6 Å². The molecule has 0 unspecified atom stereocenters. The summed E-state index contributed by atoms with van der Waals surface area (Å²) in [6.07, 6.45) is 4.58. The van der Waals surface area contributed by atoms with E-state index in [9.17, 15) is 0 Å². The summed E-state index contributed by atoms with van der Waals surface area (Å²) in [7, 11) is 1.63. The number of rotatable bonds is 5. The molecule has 2 rings (SSSR count). The van der Waals surface area contributed by atoms with E-state index >= 15 is 0 Å². The average Bonchev–Trinajstić information content (AvgIpc) is 2.27. The fraction of sp³-hybridized carbons (Fsp3) is 0.538. The molecule has 2 N–H and O–H groups in total. The van der Waals surface area contributed by atoms with Crippen molar-refractivity contribution in [3.63, 3.8) is 0 Å². The smallest absolute Gasteiger partial charge is 0.162 e. The standard InChI is InChI=1S/C13H18ClNO2/c1-16-12-8-11(14)9(5-6-15)7-13(12)17-10-3-2-4-10/h7-8,10H,2-6,15H2,1H3. The maximum absolute atomic E-state index is 6.15. The van der Waals surface area contributed by atoms with E-state index in [0.29, 0.717) is 23.4 Å². The van der Waals surface area contributed by atoms with Crippen LogP contribution in [0.3, 0.4) is 0 Å². The third kappa shape index (κ3) is 2.85. The minimum absolute atomic E-state index is 0.329. The molecule has 0 saturated heterocycles. The van der Waals surface area contributed by atoms with Crippen molar-refractivity contribution in [2.24, 2.45) is 5.73 Å². The predicted octanol–water partition coefficient (Wildman–Crippen LogP) is 2.78. The molecule has 0 amide bonds. The van der Waals surface area contributed by atoms with Crippen LogP contribution >= 0.6 is 11.6 Å². The van der Waals surface area contributed by atoms with Gasteiger partial charge in [0.25, 0.3) is 0 Å². The molecule has 4 heteroatoms. The summed E-state index contributed by atoms with van der Waals surface area (Å²) >= 11 is 6.15. The largest absolute Gasteiger partial charge is 0.493 e. The van der Waals surface area contributed by atoms with Crippen LogP contribution in [0.2, 0.25) is 5.02 Å². The van der Waals surface area contributed by atoms with Crippen LogP contribution in [0, 0.1) is 0 Å². The highest BCUT2D eigenvalue weighted by molar-refractivity contribution is 6.31. The molecule has 1 aromatic carbocycles. The molecule has 1 aromatic rings. The molecule has 94 valence electrons. The summed E-state index contributed by atoms with van der Waals surface area (Å²) in [4.78, 5) is 0. The second-order valence-corrected chi connectivity index (χ2v) is 4.71. The molecular formula is C13H18ClNO2. The van der Waals surface area contributed by atoms with E-state index in [4.69, 9.17) is 26.8 Å². The summed E-state index contributed by atoms with van der Waals surface area (Å²) in [5, 5.41) is 0.688. The van der Waals surface area contributed by atoms with E-state index in [-0.39, 0.29) is 0 Å². The van der Waals surface area contributed by atoms with Crippen LogP contribution in [-0.4, -0.2) is 19.8 Å². The van der Waals surface area contributed by atoms with Gasteiger partial charge < -0.3 is 15.2 Å². The van der Waals surface area contributed by atoms with Crippen molar-refractivity contribution in [3.8, 4) is 11.5 Å². The molecule has 0 aliphatic heterocycles. The zero-order valence-corrected chi connectivity index (χ0v) is 10.8. The Morgan fingerprint density at radius 2 is 2.12 bits per heavy atom. The van der Waals surface area contributed by atoms with Gasteiger partial charge in [-0.2, -0.15) is 0 Å². The number of nitrogens with two attached hydrogens (primary N) is 1. The van der Waals surface area contributed by atoms with Gasteiger partial charge >= 0.3 is 0 Å². The quantitative estimate of drug-likeness (QED) is 0.880. The van der Waals surface area contributed by atoms with Gasteiger partial charge in [-0.1, -0.05) is 11.6 Å². The fourth-order valence-corrected chi connectivity index (χ4v) is 2.09. The fourth-order valence-electron chi connectivity index (χ4n) is 1.84. The van der Waals surface area contributed by atoms with Gasteiger partial charge in [0.15, 0.2) is 11.5 Å². The van der Waals surface area contributed by atoms with Gasteiger partial charge in [-0.3, -0.25) is 0 Å². The zero-order chi connectivity index (χ0) is 12.3. The second-order valence-electron chi connectivity index (χ2n) is 4.30. The first kappa shape index (κ1) is 12.5.